The van der Waals surface area contributed by atoms with Crippen LogP contribution in [0.2, 0.25) is 0 Å². The van der Waals surface area contributed by atoms with Crippen LogP contribution in [-0.2, 0) is 16.0 Å². The number of nitrogens with one attached hydrogen (secondary N) is 1. The van der Waals surface area contributed by atoms with Crippen LogP contribution in [0.4, 0.5) is 0 Å². The number of benzene rings is 2. The molecule has 3 rings (SSSR count). The number of aromatic hydroxyl groups is 1. The predicted octanol–water partition coefficient (Wildman–Crippen LogP) is 2.36. The third-order valence-corrected chi connectivity index (χ3v) is 5.44. The van der Waals surface area contributed by atoms with Crippen LogP contribution >= 0.6 is 0 Å². The fourth-order valence-electron chi connectivity index (χ4n) is 3.58. The van der Waals surface area contributed by atoms with E-state index in [-0.39, 0.29) is 29.9 Å². The first-order valence-electron chi connectivity index (χ1n) is 10.0. The average Bonchev–Trinajstić information content (AvgIpc) is 2.74. The van der Waals surface area contributed by atoms with Crippen molar-refractivity contribution in [3.8, 4) is 5.75 Å². The number of carbonyl (C=O) groups excluding carboxylic acids is 2. The molecular weight excluding hydrogens is 384 g/mol. The number of hydrogen-bond acceptors (Lipinski definition) is 4. The van der Waals surface area contributed by atoms with Gasteiger partial charge in [0.1, 0.15) is 11.8 Å². The van der Waals surface area contributed by atoms with Crippen molar-refractivity contribution < 1.29 is 24.6 Å². The van der Waals surface area contributed by atoms with Crippen LogP contribution in [0.25, 0.3) is 0 Å². The Hall–Kier alpha value is -3.35. The number of aryl methyl sites for hydroxylation is 1. The zero-order valence-corrected chi connectivity index (χ0v) is 16.9. The molecule has 2 aromatic carbocycles. The Kier molecular flexibility index (Phi) is 6.72. The Balaban J connectivity index is 1.54. The number of hydrogen-bond donors (Lipinski definition) is 3. The van der Waals surface area contributed by atoms with E-state index >= 15 is 0 Å². The fourth-order valence-corrected chi connectivity index (χ4v) is 3.58. The van der Waals surface area contributed by atoms with Crippen molar-refractivity contribution in [3.05, 3.63) is 65.2 Å². The number of phenols is 1. The number of carboxylic acid groups (broad SMARTS) is 1. The van der Waals surface area contributed by atoms with Crippen LogP contribution in [0.15, 0.2) is 48.5 Å². The van der Waals surface area contributed by atoms with Gasteiger partial charge in [-0.3, -0.25) is 9.59 Å². The maximum absolute atomic E-state index is 12.6. The number of rotatable bonds is 6. The van der Waals surface area contributed by atoms with E-state index in [2.05, 4.69) is 5.32 Å². The van der Waals surface area contributed by atoms with Gasteiger partial charge in [-0.05, 0) is 49.6 Å². The third-order valence-electron chi connectivity index (χ3n) is 5.44. The van der Waals surface area contributed by atoms with Crippen molar-refractivity contribution in [2.45, 2.75) is 32.2 Å². The molecule has 1 heterocycles. The van der Waals surface area contributed by atoms with E-state index in [0.717, 1.165) is 5.56 Å². The van der Waals surface area contributed by atoms with Gasteiger partial charge in [0.15, 0.2) is 0 Å². The lowest BCUT2D eigenvalue weighted by Crippen LogP contribution is -2.48. The SMILES string of the molecule is Cc1ccc(C(=O)N2CCC(C(=O)N[C@@H](Cc3ccc(O)cc3)C(=O)O)CC2)cc1. The molecule has 1 aliphatic rings. The quantitative estimate of drug-likeness (QED) is 0.678. The van der Waals surface area contributed by atoms with Gasteiger partial charge in [-0.25, -0.2) is 4.79 Å². The lowest BCUT2D eigenvalue weighted by Gasteiger charge is -2.32. The molecule has 1 saturated heterocycles. The molecule has 0 aliphatic carbocycles. The molecule has 1 aliphatic heterocycles. The molecule has 158 valence electrons. The Morgan fingerprint density at radius 1 is 1.03 bits per heavy atom. The summed E-state index contributed by atoms with van der Waals surface area (Å²) < 4.78 is 0. The number of phenolic OH excluding ortho intramolecular Hbond substituents is 1. The molecule has 7 nitrogen and oxygen atoms in total. The highest BCUT2D eigenvalue weighted by Crippen LogP contribution is 2.20. The lowest BCUT2D eigenvalue weighted by molar-refractivity contribution is -0.142. The summed E-state index contributed by atoms with van der Waals surface area (Å²) >= 11 is 0. The molecule has 7 heteroatoms. The van der Waals surface area contributed by atoms with Crippen LogP contribution in [0, 0.1) is 12.8 Å². The number of nitrogens with zero attached hydrogens (tertiary/aromatic N) is 1. The summed E-state index contributed by atoms with van der Waals surface area (Å²) in [5, 5.41) is 21.5. The number of amides is 2. The van der Waals surface area contributed by atoms with Crippen molar-refractivity contribution >= 4 is 17.8 Å². The predicted molar refractivity (Wildman–Crippen MR) is 111 cm³/mol. The molecule has 0 aromatic heterocycles. The van der Waals surface area contributed by atoms with E-state index in [1.807, 2.05) is 19.1 Å². The van der Waals surface area contributed by atoms with E-state index in [9.17, 15) is 24.6 Å². The highest BCUT2D eigenvalue weighted by atomic mass is 16.4. The van der Waals surface area contributed by atoms with Gasteiger partial charge >= 0.3 is 5.97 Å². The van der Waals surface area contributed by atoms with Crippen molar-refractivity contribution in [3.63, 3.8) is 0 Å². The maximum Gasteiger partial charge on any atom is 0.326 e. The minimum absolute atomic E-state index is 0.0513. The van der Waals surface area contributed by atoms with Crippen LogP contribution in [0.1, 0.15) is 34.3 Å². The highest BCUT2D eigenvalue weighted by molar-refractivity contribution is 5.94. The van der Waals surface area contributed by atoms with Gasteiger partial charge in [-0.2, -0.15) is 0 Å². The first-order valence-corrected chi connectivity index (χ1v) is 10.0. The smallest absolute Gasteiger partial charge is 0.326 e. The molecule has 0 spiro atoms. The Morgan fingerprint density at radius 3 is 2.20 bits per heavy atom. The van der Waals surface area contributed by atoms with Gasteiger partial charge in [-0.15, -0.1) is 0 Å². The second kappa shape index (κ2) is 9.43. The minimum Gasteiger partial charge on any atom is -0.508 e. The molecule has 0 bridgehead atoms. The first-order chi connectivity index (χ1) is 14.3. The molecule has 0 saturated carbocycles. The summed E-state index contributed by atoms with van der Waals surface area (Å²) in [6, 6.07) is 12.6. The summed E-state index contributed by atoms with van der Waals surface area (Å²) in [6.07, 6.45) is 1.12. The Morgan fingerprint density at radius 2 is 1.63 bits per heavy atom. The average molecular weight is 410 g/mol. The second-order valence-corrected chi connectivity index (χ2v) is 7.70. The van der Waals surface area contributed by atoms with E-state index in [1.54, 1.807) is 29.2 Å². The minimum atomic E-state index is -1.11. The zero-order chi connectivity index (χ0) is 21.7. The molecule has 2 amide bonds. The maximum atomic E-state index is 12.6. The van der Waals surface area contributed by atoms with Gasteiger partial charge in [0, 0.05) is 31.0 Å². The molecule has 2 aromatic rings. The molecule has 30 heavy (non-hydrogen) atoms. The first kappa shape index (κ1) is 21.4. The largest absolute Gasteiger partial charge is 0.508 e. The van der Waals surface area contributed by atoms with Crippen molar-refractivity contribution in [2.75, 3.05) is 13.1 Å². The molecule has 0 unspecified atom stereocenters. The normalized spacial score (nSPS) is 15.4. The van der Waals surface area contributed by atoms with Gasteiger partial charge in [0.25, 0.3) is 5.91 Å². The van der Waals surface area contributed by atoms with E-state index < -0.39 is 12.0 Å². The van der Waals surface area contributed by atoms with Crippen molar-refractivity contribution in [2.24, 2.45) is 5.92 Å². The van der Waals surface area contributed by atoms with Crippen molar-refractivity contribution in [1.82, 2.24) is 10.2 Å². The van der Waals surface area contributed by atoms with Crippen LogP contribution < -0.4 is 5.32 Å². The Labute approximate surface area is 175 Å². The summed E-state index contributed by atoms with van der Waals surface area (Å²) in [7, 11) is 0. The van der Waals surface area contributed by atoms with Crippen LogP contribution in [-0.4, -0.2) is 52.0 Å². The Bertz CT molecular complexity index is 900. The van der Waals surface area contributed by atoms with Crippen molar-refractivity contribution in [1.29, 1.82) is 0 Å². The standard InChI is InChI=1S/C23H26N2O5/c1-15-2-6-18(7-3-15)22(28)25-12-10-17(11-13-25)21(27)24-20(23(29)30)14-16-4-8-19(26)9-5-16/h2-9,17,20,26H,10-14H2,1H3,(H,24,27)(H,29,30)/t20-/m0/s1. The van der Waals surface area contributed by atoms with Gasteiger partial charge < -0.3 is 20.4 Å². The van der Waals surface area contributed by atoms with Crippen LogP contribution in [0.3, 0.4) is 0 Å². The summed E-state index contributed by atoms with van der Waals surface area (Å²) in [5.41, 5.74) is 2.42. The number of aliphatic carboxylic acids is 1. The molecule has 0 radical (unpaired) electrons. The number of carbonyl (C=O) groups is 3. The summed E-state index contributed by atoms with van der Waals surface area (Å²) in [4.78, 5) is 38.6. The zero-order valence-electron chi connectivity index (χ0n) is 16.9. The highest BCUT2D eigenvalue weighted by Gasteiger charge is 2.30. The van der Waals surface area contributed by atoms with Gasteiger partial charge in [0.2, 0.25) is 5.91 Å². The van der Waals surface area contributed by atoms with E-state index in [1.165, 1.54) is 12.1 Å². The van der Waals surface area contributed by atoms with Gasteiger partial charge in [-0.1, -0.05) is 29.8 Å². The lowest BCUT2D eigenvalue weighted by atomic mass is 9.94. The number of carboxylic acids is 1. The summed E-state index contributed by atoms with van der Waals surface area (Å²) in [5.74, 6) is -1.69. The third kappa shape index (κ3) is 5.37. The summed E-state index contributed by atoms with van der Waals surface area (Å²) in [6.45, 7) is 2.88. The van der Waals surface area contributed by atoms with E-state index in [0.29, 0.717) is 37.1 Å². The molecule has 1 atom stereocenters. The van der Waals surface area contributed by atoms with Crippen LogP contribution in [0.5, 0.6) is 5.75 Å². The fraction of sp³-hybridized carbons (Fsp3) is 0.348. The second-order valence-electron chi connectivity index (χ2n) is 7.70. The molecule has 3 N–H and O–H groups in total. The number of piperidine rings is 1. The molecule has 1 fully saturated rings. The van der Waals surface area contributed by atoms with E-state index in [4.69, 9.17) is 0 Å². The monoisotopic (exact) mass is 410 g/mol. The number of likely N-dealkylation sites (tertiary alicyclic amines) is 1. The molecular formula is C23H26N2O5. The topological polar surface area (TPSA) is 107 Å². The van der Waals surface area contributed by atoms with Gasteiger partial charge in [0.05, 0.1) is 0 Å².